The third-order valence-electron chi connectivity index (χ3n) is 1.52. The lowest BCUT2D eigenvalue weighted by molar-refractivity contribution is -0.161. The molecule has 0 aromatic carbocycles. The van der Waals surface area contributed by atoms with Gasteiger partial charge in [0, 0.05) is 0 Å². The monoisotopic (exact) mass is 254 g/mol. The summed E-state index contributed by atoms with van der Waals surface area (Å²) in [5.41, 5.74) is -1.27. The molecule has 3 N–H and O–H groups in total. The molecule has 0 heterocycles. The van der Waals surface area contributed by atoms with Gasteiger partial charge < -0.3 is 24.9 Å². The first-order valence-corrected chi connectivity index (χ1v) is 4.42. The molecule has 0 aliphatic rings. The fourth-order valence-corrected chi connectivity index (χ4v) is 0.492. The van der Waals surface area contributed by atoms with Gasteiger partial charge in [-0.05, 0) is 13.8 Å². The summed E-state index contributed by atoms with van der Waals surface area (Å²) in [6.45, 7) is 1.49. The zero-order valence-corrected chi connectivity index (χ0v) is 8.97. The molecule has 6 heteroatoms. The molecule has 6 nitrogen and oxygen atoms in total. The molecule has 0 radical (unpaired) electrons. The Morgan fingerprint density at radius 3 is 1.82 bits per heavy atom. The number of carbonyl (C=O) groups excluding carboxylic acids is 2. The van der Waals surface area contributed by atoms with Crippen LogP contribution < -0.4 is 0 Å². The van der Waals surface area contributed by atoms with E-state index >= 15 is 0 Å². The molecule has 0 rings (SSSR count). The Labute approximate surface area is 103 Å². The van der Waals surface area contributed by atoms with Gasteiger partial charge in [0.15, 0.2) is 0 Å². The van der Waals surface area contributed by atoms with Gasteiger partial charge in [0.1, 0.15) is 18.3 Å². The number of rotatable bonds is 5. The van der Waals surface area contributed by atoms with Crippen molar-refractivity contribution in [3.05, 3.63) is 0 Å². The molecule has 0 aromatic heterocycles. The average Bonchev–Trinajstić information content (AvgIpc) is 2.25. The van der Waals surface area contributed by atoms with Crippen LogP contribution in [0.1, 0.15) is 28.7 Å². The van der Waals surface area contributed by atoms with Crippen LogP contribution in [-0.2, 0) is 14.3 Å². The number of hydrogen-bond donors (Lipinski definition) is 3. The van der Waals surface area contributed by atoms with E-state index < -0.39 is 24.6 Å². The van der Waals surface area contributed by atoms with Crippen LogP contribution in [0.15, 0.2) is 0 Å². The molecule has 0 unspecified atom stereocenters. The normalized spacial score (nSPS) is 8.76. The van der Waals surface area contributed by atoms with Gasteiger partial charge in [-0.1, -0.05) is 14.9 Å². The summed E-state index contributed by atoms with van der Waals surface area (Å²) < 4.78 is 4.53. The van der Waals surface area contributed by atoms with Crippen molar-refractivity contribution >= 4 is 12.3 Å². The summed E-state index contributed by atoms with van der Waals surface area (Å²) in [7, 11) is 0. The maximum absolute atomic E-state index is 11.0. The fraction of sp³-hybridized carbons (Fsp3) is 0.818. The highest BCUT2D eigenvalue weighted by Crippen LogP contribution is 2.15. The lowest BCUT2D eigenvalue weighted by Gasteiger charge is -2.21. The largest absolute Gasteiger partial charge is 0.463 e. The number of aliphatic hydroxyl groups is 3. The topological polar surface area (TPSA) is 104 Å². The number of hydrogen-bond acceptors (Lipinski definition) is 6. The van der Waals surface area contributed by atoms with Gasteiger partial charge in [-0.25, -0.2) is 0 Å². The fourth-order valence-electron chi connectivity index (χ4n) is 0.492. The highest BCUT2D eigenvalue weighted by molar-refractivity contribution is 5.76. The van der Waals surface area contributed by atoms with Crippen LogP contribution in [0.2, 0.25) is 0 Å². The summed E-state index contributed by atoms with van der Waals surface area (Å²) >= 11 is 0. The van der Waals surface area contributed by atoms with Crippen molar-refractivity contribution in [1.82, 2.24) is 0 Å². The number of aldehydes is 1. The van der Waals surface area contributed by atoms with E-state index in [1.165, 1.54) is 13.8 Å². The highest BCUT2D eigenvalue weighted by Gasteiger charge is 2.33. The molecule has 0 saturated carbocycles. The second-order valence-electron chi connectivity index (χ2n) is 2.97. The summed E-state index contributed by atoms with van der Waals surface area (Å²) in [4.78, 5) is 19.8. The number of aliphatic hydroxyl groups excluding tert-OH is 3. The van der Waals surface area contributed by atoms with Crippen molar-refractivity contribution in [2.75, 3.05) is 26.4 Å². The van der Waals surface area contributed by atoms with Crippen LogP contribution in [0.4, 0.5) is 0 Å². The molecule has 0 fully saturated rings. The van der Waals surface area contributed by atoms with Gasteiger partial charge in [-0.15, -0.1) is 0 Å². The van der Waals surface area contributed by atoms with Crippen LogP contribution in [-0.4, -0.2) is 54.0 Å². The maximum atomic E-state index is 11.0. The Morgan fingerprint density at radius 1 is 1.24 bits per heavy atom. The van der Waals surface area contributed by atoms with E-state index in [1.807, 2.05) is 0 Å². The minimum Gasteiger partial charge on any atom is -0.463 e. The van der Waals surface area contributed by atoms with E-state index in [2.05, 4.69) is 4.74 Å². The van der Waals surface area contributed by atoms with E-state index in [0.29, 0.717) is 0 Å². The van der Waals surface area contributed by atoms with Gasteiger partial charge in [0.25, 0.3) is 0 Å². The predicted molar refractivity (Wildman–Crippen MR) is 65.5 cm³/mol. The Kier molecular flexibility index (Phi) is 22.1. The van der Waals surface area contributed by atoms with E-state index in [-0.39, 0.29) is 28.1 Å². The van der Waals surface area contributed by atoms with Crippen LogP contribution in [0.5, 0.6) is 0 Å². The molecular formula is C11H26O6. The lowest BCUT2D eigenvalue weighted by atomic mass is 9.93. The SMILES string of the molecule is C.C.CC(CO)(CO)C(=O)OCCO.CC=O. The van der Waals surface area contributed by atoms with Gasteiger partial charge in [-0.2, -0.15) is 0 Å². The Hall–Kier alpha value is -0.980. The van der Waals surface area contributed by atoms with Crippen LogP contribution in [0, 0.1) is 5.41 Å². The van der Waals surface area contributed by atoms with Gasteiger partial charge in [-0.3, -0.25) is 4.79 Å². The second kappa shape index (κ2) is 15.0. The molecule has 17 heavy (non-hydrogen) atoms. The van der Waals surface area contributed by atoms with Gasteiger partial charge in [0.2, 0.25) is 0 Å². The maximum Gasteiger partial charge on any atom is 0.316 e. The minimum atomic E-state index is -1.27. The van der Waals surface area contributed by atoms with Crippen molar-refractivity contribution in [2.24, 2.45) is 5.41 Å². The molecule has 0 spiro atoms. The molecule has 106 valence electrons. The van der Waals surface area contributed by atoms with Gasteiger partial charge >= 0.3 is 5.97 Å². The quantitative estimate of drug-likeness (QED) is 0.471. The third kappa shape index (κ3) is 11.3. The third-order valence-corrected chi connectivity index (χ3v) is 1.52. The Balaban J connectivity index is -0.000000152. The Morgan fingerprint density at radius 2 is 1.59 bits per heavy atom. The van der Waals surface area contributed by atoms with Crippen molar-refractivity contribution in [2.45, 2.75) is 28.7 Å². The lowest BCUT2D eigenvalue weighted by Crippen LogP contribution is -2.37. The zero-order chi connectivity index (χ0) is 12.3. The van der Waals surface area contributed by atoms with Crippen molar-refractivity contribution in [1.29, 1.82) is 0 Å². The van der Waals surface area contributed by atoms with Crippen molar-refractivity contribution < 1.29 is 29.6 Å². The van der Waals surface area contributed by atoms with Crippen molar-refractivity contribution in [3.63, 3.8) is 0 Å². The Bertz CT molecular complexity index is 177. The highest BCUT2D eigenvalue weighted by atomic mass is 16.5. The molecule has 0 aliphatic heterocycles. The summed E-state index contributed by atoms with van der Waals surface area (Å²) in [6.07, 6.45) is 0.750. The smallest absolute Gasteiger partial charge is 0.316 e. The first-order valence-electron chi connectivity index (χ1n) is 4.42. The number of ether oxygens (including phenoxy) is 1. The molecule has 0 aliphatic carbocycles. The summed E-state index contributed by atoms with van der Waals surface area (Å²) in [6, 6.07) is 0. The van der Waals surface area contributed by atoms with Crippen LogP contribution in [0.25, 0.3) is 0 Å². The van der Waals surface area contributed by atoms with Crippen LogP contribution >= 0.6 is 0 Å². The molecular weight excluding hydrogens is 228 g/mol. The molecule has 0 amide bonds. The van der Waals surface area contributed by atoms with Gasteiger partial charge in [0.05, 0.1) is 19.8 Å². The van der Waals surface area contributed by atoms with E-state index in [1.54, 1.807) is 0 Å². The minimum absolute atomic E-state index is 0. The zero-order valence-electron chi connectivity index (χ0n) is 8.97. The summed E-state index contributed by atoms with van der Waals surface area (Å²) in [5.74, 6) is -0.707. The average molecular weight is 254 g/mol. The van der Waals surface area contributed by atoms with Crippen LogP contribution in [0.3, 0.4) is 0 Å². The number of carbonyl (C=O) groups is 2. The summed E-state index contributed by atoms with van der Waals surface area (Å²) in [5, 5.41) is 25.8. The second-order valence-corrected chi connectivity index (χ2v) is 2.97. The standard InChI is InChI=1S/C7H14O5.C2H4O.2CH4/c1-7(4-9,5-10)6(11)12-3-2-8;1-2-3;;/h8-10H,2-5H2,1H3;2H,1H3;2*1H4. The first kappa shape index (κ1) is 25.0. The molecule has 0 bridgehead atoms. The van der Waals surface area contributed by atoms with E-state index in [9.17, 15) is 4.79 Å². The van der Waals surface area contributed by atoms with E-state index in [0.717, 1.165) is 6.29 Å². The molecule has 0 saturated heterocycles. The molecule has 0 atom stereocenters. The first-order chi connectivity index (χ1) is 7.02. The number of esters is 1. The molecule has 0 aromatic rings. The predicted octanol–water partition coefficient (Wildman–Crippen LogP) is -0.00980. The van der Waals surface area contributed by atoms with Crippen molar-refractivity contribution in [3.8, 4) is 0 Å². The van der Waals surface area contributed by atoms with E-state index in [4.69, 9.17) is 20.1 Å².